The highest BCUT2D eigenvalue weighted by molar-refractivity contribution is 7.15. The molecule has 0 saturated carbocycles. The number of anilines is 2. The van der Waals surface area contributed by atoms with E-state index in [0.717, 1.165) is 0 Å². The third kappa shape index (κ3) is 2.86. The van der Waals surface area contributed by atoms with E-state index in [0.29, 0.717) is 22.8 Å². The van der Waals surface area contributed by atoms with Crippen LogP contribution in [0.25, 0.3) is 0 Å². The fourth-order valence-electron chi connectivity index (χ4n) is 1.76. The average molecular weight is 326 g/mol. The number of ether oxygens (including phenoxy) is 1. The minimum atomic E-state index is -2.73. The van der Waals surface area contributed by atoms with Gasteiger partial charge in [-0.25, -0.2) is 8.78 Å². The summed E-state index contributed by atoms with van der Waals surface area (Å²) in [5, 5.41) is 11.2. The van der Waals surface area contributed by atoms with Crippen LogP contribution in [0.1, 0.15) is 21.8 Å². The Morgan fingerprint density at radius 2 is 2.23 bits per heavy atom. The molecule has 0 unspecified atom stereocenters. The van der Waals surface area contributed by atoms with Crippen molar-refractivity contribution in [2.24, 2.45) is 0 Å². The van der Waals surface area contributed by atoms with Gasteiger partial charge in [-0.3, -0.25) is 14.9 Å². The van der Waals surface area contributed by atoms with E-state index in [1.807, 2.05) is 0 Å². The van der Waals surface area contributed by atoms with Gasteiger partial charge < -0.3 is 10.1 Å². The van der Waals surface area contributed by atoms with Gasteiger partial charge in [-0.05, 0) is 18.2 Å². The van der Waals surface area contributed by atoms with E-state index < -0.39 is 17.3 Å². The first kappa shape index (κ1) is 14.3. The number of rotatable bonds is 3. The molecule has 10 heteroatoms. The molecule has 0 aliphatic carbocycles. The van der Waals surface area contributed by atoms with Gasteiger partial charge in [-0.2, -0.15) is 0 Å². The van der Waals surface area contributed by atoms with Gasteiger partial charge in [0.25, 0.3) is 18.2 Å². The summed E-state index contributed by atoms with van der Waals surface area (Å²) in [7, 11) is 0. The standard InChI is InChI=1S/C12H8F2N4O3S/c13-9(14)11-17-18-12(22-11)16-10(20)5-1-2-6-7(3-5)21-4-8(19)15-6/h1-3,9H,4H2,(H,15,19)(H,16,18,20). The zero-order chi connectivity index (χ0) is 15.7. The maximum absolute atomic E-state index is 12.4. The van der Waals surface area contributed by atoms with Crippen LogP contribution >= 0.6 is 11.3 Å². The summed E-state index contributed by atoms with van der Waals surface area (Å²) in [5.74, 6) is -0.462. The maximum Gasteiger partial charge on any atom is 0.291 e. The van der Waals surface area contributed by atoms with Gasteiger partial charge in [0, 0.05) is 5.56 Å². The van der Waals surface area contributed by atoms with Crippen molar-refractivity contribution in [1.29, 1.82) is 0 Å². The highest BCUT2D eigenvalue weighted by Crippen LogP contribution is 2.29. The van der Waals surface area contributed by atoms with Crippen LogP contribution in [-0.4, -0.2) is 28.6 Å². The maximum atomic E-state index is 12.4. The molecule has 2 N–H and O–H groups in total. The number of amides is 2. The Labute approximate surface area is 126 Å². The van der Waals surface area contributed by atoms with Crippen LogP contribution in [0.3, 0.4) is 0 Å². The SMILES string of the molecule is O=C1COc2cc(C(=O)Nc3nnc(C(F)F)s3)ccc2N1. The van der Waals surface area contributed by atoms with Crippen molar-refractivity contribution >= 4 is 34.0 Å². The first-order chi connectivity index (χ1) is 10.5. The summed E-state index contributed by atoms with van der Waals surface area (Å²) < 4.78 is 30.0. The minimum Gasteiger partial charge on any atom is -0.482 e. The highest BCUT2D eigenvalue weighted by Gasteiger charge is 2.19. The van der Waals surface area contributed by atoms with Gasteiger partial charge in [-0.1, -0.05) is 11.3 Å². The number of benzene rings is 1. The number of fused-ring (bicyclic) bond motifs is 1. The fourth-order valence-corrected chi connectivity index (χ4v) is 2.35. The van der Waals surface area contributed by atoms with Gasteiger partial charge in [0.05, 0.1) is 5.69 Å². The highest BCUT2D eigenvalue weighted by atomic mass is 32.1. The number of hydrogen-bond donors (Lipinski definition) is 2. The molecule has 2 amide bonds. The van der Waals surface area contributed by atoms with Crippen molar-refractivity contribution in [2.45, 2.75) is 6.43 Å². The number of carbonyl (C=O) groups excluding carboxylic acids is 2. The molecule has 0 saturated heterocycles. The van der Waals surface area contributed by atoms with Gasteiger partial charge in [-0.15, -0.1) is 10.2 Å². The van der Waals surface area contributed by atoms with Gasteiger partial charge >= 0.3 is 0 Å². The van der Waals surface area contributed by atoms with E-state index in [9.17, 15) is 18.4 Å². The normalized spacial score (nSPS) is 13.3. The molecule has 22 heavy (non-hydrogen) atoms. The Balaban J connectivity index is 1.76. The second-order valence-electron chi connectivity index (χ2n) is 4.25. The van der Waals surface area contributed by atoms with E-state index in [1.54, 1.807) is 0 Å². The van der Waals surface area contributed by atoms with Crippen molar-refractivity contribution < 1.29 is 23.1 Å². The van der Waals surface area contributed by atoms with Crippen molar-refractivity contribution in [3.8, 4) is 5.75 Å². The van der Waals surface area contributed by atoms with Crippen molar-refractivity contribution in [3.05, 3.63) is 28.8 Å². The molecule has 0 bridgehead atoms. The number of alkyl halides is 2. The van der Waals surface area contributed by atoms with E-state index >= 15 is 0 Å². The number of nitrogens with zero attached hydrogens (tertiary/aromatic N) is 2. The second-order valence-corrected chi connectivity index (χ2v) is 5.26. The summed E-state index contributed by atoms with van der Waals surface area (Å²) in [6.07, 6.45) is -2.73. The molecule has 1 aliphatic heterocycles. The summed E-state index contributed by atoms with van der Waals surface area (Å²) >= 11 is 0.601. The van der Waals surface area contributed by atoms with Gasteiger partial charge in [0.2, 0.25) is 5.13 Å². The Bertz CT molecular complexity index is 750. The number of halogens is 2. The Morgan fingerprint density at radius 3 is 2.95 bits per heavy atom. The fraction of sp³-hybridized carbons (Fsp3) is 0.167. The number of carbonyl (C=O) groups is 2. The first-order valence-corrected chi connectivity index (χ1v) is 6.84. The van der Waals surface area contributed by atoms with Crippen LogP contribution < -0.4 is 15.4 Å². The molecule has 0 spiro atoms. The molecule has 0 radical (unpaired) electrons. The van der Waals surface area contributed by atoms with Crippen molar-refractivity contribution in [3.63, 3.8) is 0 Å². The van der Waals surface area contributed by atoms with Crippen molar-refractivity contribution in [1.82, 2.24) is 10.2 Å². The predicted octanol–water partition coefficient (Wildman–Crippen LogP) is 2.06. The lowest BCUT2D eigenvalue weighted by Gasteiger charge is -2.18. The van der Waals surface area contributed by atoms with Crippen LogP contribution in [0.15, 0.2) is 18.2 Å². The van der Waals surface area contributed by atoms with Crippen LogP contribution in [-0.2, 0) is 4.79 Å². The topological polar surface area (TPSA) is 93.2 Å². The third-order valence-corrected chi connectivity index (χ3v) is 3.57. The average Bonchev–Trinajstić information content (AvgIpc) is 2.95. The molecule has 1 aromatic carbocycles. The second kappa shape index (κ2) is 5.64. The summed E-state index contributed by atoms with van der Waals surface area (Å²) in [6.45, 7) is -0.133. The molecule has 3 rings (SSSR count). The molecule has 0 fully saturated rings. The Kier molecular flexibility index (Phi) is 3.67. The Morgan fingerprint density at radius 1 is 1.41 bits per heavy atom. The number of nitrogens with one attached hydrogen (secondary N) is 2. The van der Waals surface area contributed by atoms with E-state index in [1.165, 1.54) is 18.2 Å². The molecule has 2 heterocycles. The molecule has 114 valence electrons. The smallest absolute Gasteiger partial charge is 0.291 e. The lowest BCUT2D eigenvalue weighted by molar-refractivity contribution is -0.118. The largest absolute Gasteiger partial charge is 0.482 e. The molecular formula is C12H8F2N4O3S. The quantitative estimate of drug-likeness (QED) is 0.900. The number of hydrogen-bond acceptors (Lipinski definition) is 6. The van der Waals surface area contributed by atoms with Crippen LogP contribution in [0, 0.1) is 0 Å². The van der Waals surface area contributed by atoms with E-state index in [2.05, 4.69) is 20.8 Å². The lowest BCUT2D eigenvalue weighted by Crippen LogP contribution is -2.25. The molecule has 1 aliphatic rings. The predicted molar refractivity (Wildman–Crippen MR) is 73.4 cm³/mol. The van der Waals surface area contributed by atoms with E-state index in [-0.39, 0.29) is 23.2 Å². The molecular weight excluding hydrogens is 318 g/mol. The summed E-state index contributed by atoms with van der Waals surface area (Å²) in [6, 6.07) is 4.43. The van der Waals surface area contributed by atoms with Crippen LogP contribution in [0.2, 0.25) is 0 Å². The van der Waals surface area contributed by atoms with Crippen LogP contribution in [0.4, 0.5) is 19.6 Å². The minimum absolute atomic E-state index is 0.0211. The Hall–Kier alpha value is -2.62. The zero-order valence-electron chi connectivity index (χ0n) is 10.8. The molecule has 7 nitrogen and oxygen atoms in total. The lowest BCUT2D eigenvalue weighted by atomic mass is 10.1. The monoisotopic (exact) mass is 326 g/mol. The van der Waals surface area contributed by atoms with Crippen LogP contribution in [0.5, 0.6) is 5.75 Å². The van der Waals surface area contributed by atoms with E-state index in [4.69, 9.17) is 4.74 Å². The van der Waals surface area contributed by atoms with Gasteiger partial charge in [0.15, 0.2) is 11.6 Å². The summed E-state index contributed by atoms with van der Waals surface area (Å²) in [4.78, 5) is 23.2. The number of aromatic nitrogens is 2. The zero-order valence-corrected chi connectivity index (χ0v) is 11.6. The molecule has 2 aromatic rings. The van der Waals surface area contributed by atoms with Crippen molar-refractivity contribution in [2.75, 3.05) is 17.2 Å². The van der Waals surface area contributed by atoms with Gasteiger partial charge in [0.1, 0.15) is 5.75 Å². The molecule has 0 atom stereocenters. The molecule has 1 aromatic heterocycles. The first-order valence-electron chi connectivity index (χ1n) is 6.02. The summed E-state index contributed by atoms with van der Waals surface area (Å²) in [5.41, 5.74) is 0.701. The third-order valence-electron chi connectivity index (χ3n) is 2.72.